The first-order valence-electron chi connectivity index (χ1n) is 2.94. The smallest absolute Gasteiger partial charge is 0.162 e. The van der Waals surface area contributed by atoms with E-state index in [0.29, 0.717) is 6.42 Å². The molecule has 0 unspecified atom stereocenters. The van der Waals surface area contributed by atoms with Crippen molar-refractivity contribution in [2.75, 3.05) is 0 Å². The molecule has 0 saturated heterocycles. The molecule has 0 aliphatic heterocycles. The average molecular weight is 138 g/mol. The molecule has 2 heteroatoms. The minimum Gasteiger partial charge on any atom is -0.516 e. The van der Waals surface area contributed by atoms with Gasteiger partial charge in [-0.3, -0.25) is 0 Å². The summed E-state index contributed by atoms with van der Waals surface area (Å²) in [7, 11) is 0. The van der Waals surface area contributed by atoms with Crippen molar-refractivity contribution in [3.63, 3.8) is 0 Å². The van der Waals surface area contributed by atoms with Gasteiger partial charge in [0.05, 0.1) is 6.26 Å². The van der Waals surface area contributed by atoms with Crippen LogP contribution in [0.2, 0.25) is 0 Å². The fraction of sp³-hybridized carbons (Fsp3) is 0.250. The van der Waals surface area contributed by atoms with Crippen molar-refractivity contribution >= 4 is 0 Å². The summed E-state index contributed by atoms with van der Waals surface area (Å²) in [6.07, 6.45) is 4.39. The second kappa shape index (κ2) is 5.77. The minimum atomic E-state index is 0.0614. The lowest BCUT2D eigenvalue weighted by molar-refractivity contribution is 0.437. The third kappa shape index (κ3) is 4.79. The number of rotatable bonds is 1. The van der Waals surface area contributed by atoms with E-state index in [4.69, 9.17) is 10.2 Å². The van der Waals surface area contributed by atoms with E-state index >= 15 is 0 Å². The molecule has 0 aliphatic carbocycles. The average Bonchev–Trinajstić information content (AvgIpc) is 1.98. The molecular weight excluding hydrogens is 128 g/mol. The van der Waals surface area contributed by atoms with Crippen LogP contribution >= 0.6 is 0 Å². The highest BCUT2D eigenvalue weighted by Crippen LogP contribution is 1.83. The lowest BCUT2D eigenvalue weighted by Crippen LogP contribution is -1.70. The Labute approximate surface area is 60.5 Å². The lowest BCUT2D eigenvalue weighted by atomic mass is 10.4. The number of aliphatic hydroxyl groups excluding tert-OH is 2. The molecule has 0 aliphatic rings. The Kier molecular flexibility index (Phi) is 4.99. The monoisotopic (exact) mass is 138 g/mol. The molecule has 0 aromatic carbocycles. The fourth-order valence-corrected chi connectivity index (χ4v) is 0.325. The van der Waals surface area contributed by atoms with Crippen LogP contribution in [-0.4, -0.2) is 10.2 Å². The van der Waals surface area contributed by atoms with Gasteiger partial charge in [-0.05, 0) is 25.0 Å². The normalized spacial score (nSPS) is 11.1. The van der Waals surface area contributed by atoms with Gasteiger partial charge in [-0.15, -0.1) is 0 Å². The van der Waals surface area contributed by atoms with Gasteiger partial charge in [-0.25, -0.2) is 0 Å². The Bertz CT molecular complexity index is 191. The molecule has 0 bridgehead atoms. The Morgan fingerprint density at radius 1 is 1.60 bits per heavy atom. The van der Waals surface area contributed by atoms with Gasteiger partial charge in [0.15, 0.2) is 5.76 Å². The van der Waals surface area contributed by atoms with Crippen molar-refractivity contribution in [3.05, 3.63) is 24.2 Å². The Hall–Kier alpha value is -1.36. The summed E-state index contributed by atoms with van der Waals surface area (Å²) in [4.78, 5) is 0. The van der Waals surface area contributed by atoms with Crippen LogP contribution in [-0.2, 0) is 0 Å². The minimum absolute atomic E-state index is 0.0614. The molecule has 0 heterocycles. The van der Waals surface area contributed by atoms with E-state index in [1.165, 1.54) is 12.2 Å². The van der Waals surface area contributed by atoms with Crippen molar-refractivity contribution < 1.29 is 10.2 Å². The van der Waals surface area contributed by atoms with Gasteiger partial charge in [0.1, 0.15) is 0 Å². The Morgan fingerprint density at radius 3 is 2.80 bits per heavy atom. The SMILES string of the molecule is C/C=C(\O)C#CC/C=C/O. The van der Waals surface area contributed by atoms with Crippen LogP contribution in [0.25, 0.3) is 0 Å². The van der Waals surface area contributed by atoms with Crippen molar-refractivity contribution in [1.29, 1.82) is 0 Å². The van der Waals surface area contributed by atoms with Gasteiger partial charge in [-0.1, -0.05) is 5.92 Å². The van der Waals surface area contributed by atoms with Crippen molar-refractivity contribution in [1.82, 2.24) is 0 Å². The lowest BCUT2D eigenvalue weighted by Gasteiger charge is -1.79. The Morgan fingerprint density at radius 2 is 2.30 bits per heavy atom. The summed E-state index contributed by atoms with van der Waals surface area (Å²) in [5.74, 6) is 5.15. The van der Waals surface area contributed by atoms with Crippen LogP contribution in [0.5, 0.6) is 0 Å². The number of allylic oxidation sites excluding steroid dienone is 3. The second-order valence-electron chi connectivity index (χ2n) is 1.56. The molecule has 54 valence electrons. The first-order chi connectivity index (χ1) is 4.81. The highest BCUT2D eigenvalue weighted by atomic mass is 16.3. The molecule has 10 heavy (non-hydrogen) atoms. The van der Waals surface area contributed by atoms with E-state index in [1.54, 1.807) is 6.92 Å². The molecule has 0 fully saturated rings. The second-order valence-corrected chi connectivity index (χ2v) is 1.56. The summed E-state index contributed by atoms with van der Waals surface area (Å²) < 4.78 is 0. The van der Waals surface area contributed by atoms with Crippen LogP contribution in [0.15, 0.2) is 24.2 Å². The van der Waals surface area contributed by atoms with E-state index in [0.717, 1.165) is 6.26 Å². The van der Waals surface area contributed by atoms with Crippen LogP contribution in [0, 0.1) is 11.8 Å². The third-order valence-corrected chi connectivity index (χ3v) is 0.815. The predicted molar refractivity (Wildman–Crippen MR) is 40.5 cm³/mol. The van der Waals surface area contributed by atoms with Crippen molar-refractivity contribution in [2.24, 2.45) is 0 Å². The van der Waals surface area contributed by atoms with Crippen LogP contribution in [0.3, 0.4) is 0 Å². The molecule has 0 rings (SSSR count). The summed E-state index contributed by atoms with van der Waals surface area (Å²) in [5.41, 5.74) is 0. The molecule has 0 radical (unpaired) electrons. The van der Waals surface area contributed by atoms with E-state index in [2.05, 4.69) is 11.8 Å². The van der Waals surface area contributed by atoms with Crippen LogP contribution in [0.1, 0.15) is 13.3 Å². The van der Waals surface area contributed by atoms with Gasteiger partial charge in [0, 0.05) is 6.42 Å². The highest BCUT2D eigenvalue weighted by Gasteiger charge is 1.75. The zero-order valence-electron chi connectivity index (χ0n) is 5.83. The molecule has 0 spiro atoms. The van der Waals surface area contributed by atoms with E-state index in [9.17, 15) is 0 Å². The predicted octanol–water partition coefficient (Wildman–Crippen LogP) is 1.91. The van der Waals surface area contributed by atoms with E-state index in [1.807, 2.05) is 0 Å². The maximum atomic E-state index is 8.76. The zero-order chi connectivity index (χ0) is 7.82. The molecule has 0 saturated carbocycles. The third-order valence-electron chi connectivity index (χ3n) is 0.815. The number of aliphatic hydroxyl groups is 2. The van der Waals surface area contributed by atoms with Gasteiger partial charge in [-0.2, -0.15) is 0 Å². The zero-order valence-corrected chi connectivity index (χ0v) is 5.83. The first-order valence-corrected chi connectivity index (χ1v) is 2.94. The molecule has 0 amide bonds. The number of hydrogen-bond donors (Lipinski definition) is 2. The summed E-state index contributed by atoms with van der Waals surface area (Å²) in [5, 5.41) is 16.9. The molecule has 0 aromatic heterocycles. The summed E-state index contributed by atoms with van der Waals surface area (Å²) >= 11 is 0. The van der Waals surface area contributed by atoms with Gasteiger partial charge in [0.2, 0.25) is 0 Å². The summed E-state index contributed by atoms with van der Waals surface area (Å²) in [6.45, 7) is 1.70. The summed E-state index contributed by atoms with van der Waals surface area (Å²) in [6, 6.07) is 0. The largest absolute Gasteiger partial charge is 0.516 e. The maximum absolute atomic E-state index is 8.76. The molecular formula is C8H10O2. The van der Waals surface area contributed by atoms with Crippen molar-refractivity contribution in [3.8, 4) is 11.8 Å². The molecule has 2 nitrogen and oxygen atoms in total. The molecule has 2 N–H and O–H groups in total. The standard InChI is InChI=1S/C8H10O2/c1-2-8(10)6-4-3-5-7-9/h2,5,7,9-10H,3H2,1H3/b7-5+,8-2-. The maximum Gasteiger partial charge on any atom is 0.162 e. The highest BCUT2D eigenvalue weighted by molar-refractivity contribution is 5.21. The van der Waals surface area contributed by atoms with E-state index < -0.39 is 0 Å². The topological polar surface area (TPSA) is 40.5 Å². The molecule has 0 aromatic rings. The first kappa shape index (κ1) is 8.64. The van der Waals surface area contributed by atoms with Gasteiger partial charge >= 0.3 is 0 Å². The number of hydrogen-bond acceptors (Lipinski definition) is 2. The van der Waals surface area contributed by atoms with E-state index in [-0.39, 0.29) is 5.76 Å². The Balaban J connectivity index is 3.70. The van der Waals surface area contributed by atoms with Gasteiger partial charge < -0.3 is 10.2 Å². The fourth-order valence-electron chi connectivity index (χ4n) is 0.325. The van der Waals surface area contributed by atoms with Crippen molar-refractivity contribution in [2.45, 2.75) is 13.3 Å². The van der Waals surface area contributed by atoms with Crippen LogP contribution in [0.4, 0.5) is 0 Å². The molecule has 0 atom stereocenters. The van der Waals surface area contributed by atoms with Crippen LogP contribution < -0.4 is 0 Å². The quantitative estimate of drug-likeness (QED) is 0.429. The van der Waals surface area contributed by atoms with Gasteiger partial charge in [0.25, 0.3) is 0 Å².